The van der Waals surface area contributed by atoms with Gasteiger partial charge in [0.2, 0.25) is 0 Å². The average Bonchev–Trinajstić information content (AvgIpc) is 3.13. The van der Waals surface area contributed by atoms with E-state index in [0.717, 1.165) is 29.8 Å². The van der Waals surface area contributed by atoms with Crippen molar-refractivity contribution in [3.8, 4) is 5.75 Å². The molecule has 1 aliphatic heterocycles. The van der Waals surface area contributed by atoms with Crippen molar-refractivity contribution in [2.24, 2.45) is 0 Å². The first-order valence-electron chi connectivity index (χ1n) is 8.09. The Hall–Kier alpha value is -2.01. The van der Waals surface area contributed by atoms with Gasteiger partial charge in [0.1, 0.15) is 12.4 Å². The molecule has 0 amide bonds. The fourth-order valence-corrected chi connectivity index (χ4v) is 4.11. The van der Waals surface area contributed by atoms with Crippen molar-refractivity contribution in [2.75, 3.05) is 11.9 Å². The Bertz CT molecular complexity index is 805. The molecule has 4 nitrogen and oxygen atoms in total. The first-order chi connectivity index (χ1) is 11.6. The second-order valence-corrected chi connectivity index (χ2v) is 7.06. The third-order valence-corrected chi connectivity index (χ3v) is 5.36. The normalized spacial score (nSPS) is 20.9. The van der Waals surface area contributed by atoms with Gasteiger partial charge >= 0.3 is 5.97 Å². The van der Waals surface area contributed by atoms with Crippen LogP contribution in [0.2, 0.25) is 0 Å². The molecule has 1 N–H and O–H groups in total. The van der Waals surface area contributed by atoms with Crippen LogP contribution < -0.4 is 10.1 Å². The zero-order valence-electron chi connectivity index (χ0n) is 13.3. The van der Waals surface area contributed by atoms with E-state index in [1.165, 1.54) is 22.5 Å². The van der Waals surface area contributed by atoms with E-state index < -0.39 is 0 Å². The second kappa shape index (κ2) is 6.13. The van der Waals surface area contributed by atoms with Gasteiger partial charge in [0.15, 0.2) is 6.10 Å². The number of anilines is 1. The van der Waals surface area contributed by atoms with Gasteiger partial charge in [-0.2, -0.15) is 0 Å². The molecule has 124 valence electrons. The summed E-state index contributed by atoms with van der Waals surface area (Å²) < 4.78 is 12.1. The summed E-state index contributed by atoms with van der Waals surface area (Å²) in [6.45, 7) is 1.81. The lowest BCUT2D eigenvalue weighted by Gasteiger charge is -2.16. The van der Waals surface area contributed by atoms with Crippen LogP contribution in [0.15, 0.2) is 40.9 Å². The number of ether oxygens (including phenoxy) is 2. The highest BCUT2D eigenvalue weighted by Gasteiger charge is 2.28. The van der Waals surface area contributed by atoms with E-state index in [0.29, 0.717) is 12.6 Å². The third kappa shape index (κ3) is 2.77. The second-order valence-electron chi connectivity index (χ2n) is 6.20. The van der Waals surface area contributed by atoms with Gasteiger partial charge < -0.3 is 14.8 Å². The van der Waals surface area contributed by atoms with Gasteiger partial charge in [-0.1, -0.05) is 28.1 Å². The maximum atomic E-state index is 11.2. The molecule has 1 aliphatic carbocycles. The van der Waals surface area contributed by atoms with E-state index in [4.69, 9.17) is 9.47 Å². The Kier molecular flexibility index (Phi) is 3.96. The SMILES string of the molecule is CC(=O)O[C@@H]1COc2cc(NC3CCc4c(Br)cccc43)ccc21. The molecule has 2 aromatic rings. The molecule has 0 aromatic heterocycles. The van der Waals surface area contributed by atoms with E-state index in [1.54, 1.807) is 0 Å². The average molecular weight is 388 g/mol. The summed E-state index contributed by atoms with van der Waals surface area (Å²) in [5.74, 6) is 0.505. The topological polar surface area (TPSA) is 47.6 Å². The first-order valence-corrected chi connectivity index (χ1v) is 8.89. The minimum absolute atomic E-state index is 0.285. The molecular weight excluding hydrogens is 370 g/mol. The molecule has 0 fully saturated rings. The zero-order valence-corrected chi connectivity index (χ0v) is 14.9. The van der Waals surface area contributed by atoms with Crippen LogP contribution in [0, 0.1) is 0 Å². The van der Waals surface area contributed by atoms with Gasteiger partial charge in [0, 0.05) is 28.7 Å². The van der Waals surface area contributed by atoms with Crippen LogP contribution in [-0.4, -0.2) is 12.6 Å². The van der Waals surface area contributed by atoms with E-state index in [-0.39, 0.29) is 12.1 Å². The molecule has 24 heavy (non-hydrogen) atoms. The smallest absolute Gasteiger partial charge is 0.303 e. The fraction of sp³-hybridized carbons (Fsp3) is 0.316. The molecule has 2 aromatic carbocycles. The minimum Gasteiger partial charge on any atom is -0.489 e. The maximum Gasteiger partial charge on any atom is 0.303 e. The highest BCUT2D eigenvalue weighted by Crippen LogP contribution is 2.40. The predicted octanol–water partition coefficient (Wildman–Crippen LogP) is 4.55. The monoisotopic (exact) mass is 387 g/mol. The number of benzene rings is 2. The largest absolute Gasteiger partial charge is 0.489 e. The number of fused-ring (bicyclic) bond motifs is 2. The number of carbonyl (C=O) groups excluding carboxylic acids is 1. The van der Waals surface area contributed by atoms with Crippen molar-refractivity contribution in [2.45, 2.75) is 31.9 Å². The van der Waals surface area contributed by atoms with Gasteiger partial charge in [0.05, 0.1) is 6.04 Å². The summed E-state index contributed by atoms with van der Waals surface area (Å²) in [4.78, 5) is 11.2. The Morgan fingerprint density at radius 1 is 1.29 bits per heavy atom. The molecule has 2 atom stereocenters. The summed E-state index contributed by atoms with van der Waals surface area (Å²) in [7, 11) is 0. The van der Waals surface area contributed by atoms with Crippen LogP contribution in [0.3, 0.4) is 0 Å². The Morgan fingerprint density at radius 3 is 3.00 bits per heavy atom. The molecule has 4 rings (SSSR count). The molecule has 0 saturated carbocycles. The summed E-state index contributed by atoms with van der Waals surface area (Å²) in [6.07, 6.45) is 1.85. The molecular formula is C19H18BrNO3. The van der Waals surface area contributed by atoms with Crippen LogP contribution in [0.4, 0.5) is 5.69 Å². The Labute approximate surface area is 149 Å². The maximum absolute atomic E-state index is 11.2. The summed E-state index contributed by atoms with van der Waals surface area (Å²) >= 11 is 3.64. The zero-order chi connectivity index (χ0) is 16.7. The van der Waals surface area contributed by atoms with Crippen molar-refractivity contribution in [3.05, 3.63) is 57.6 Å². The van der Waals surface area contributed by atoms with Gasteiger partial charge in [-0.25, -0.2) is 0 Å². The van der Waals surface area contributed by atoms with Crippen LogP contribution in [0.5, 0.6) is 5.75 Å². The molecule has 2 aliphatic rings. The molecule has 0 bridgehead atoms. The van der Waals surface area contributed by atoms with Crippen LogP contribution >= 0.6 is 15.9 Å². The fourth-order valence-electron chi connectivity index (χ4n) is 3.53. The van der Waals surface area contributed by atoms with E-state index in [2.05, 4.69) is 39.4 Å². The number of hydrogen-bond acceptors (Lipinski definition) is 4. The van der Waals surface area contributed by atoms with E-state index in [1.807, 2.05) is 18.2 Å². The quantitative estimate of drug-likeness (QED) is 0.784. The van der Waals surface area contributed by atoms with Gasteiger partial charge in [0.25, 0.3) is 0 Å². The number of esters is 1. The van der Waals surface area contributed by atoms with Crippen LogP contribution in [0.25, 0.3) is 0 Å². The summed E-state index contributed by atoms with van der Waals surface area (Å²) in [5.41, 5.74) is 4.70. The van der Waals surface area contributed by atoms with E-state index >= 15 is 0 Å². The van der Waals surface area contributed by atoms with Crippen molar-refractivity contribution >= 4 is 27.6 Å². The lowest BCUT2D eigenvalue weighted by Crippen LogP contribution is -2.09. The summed E-state index contributed by atoms with van der Waals surface area (Å²) in [6, 6.07) is 12.7. The molecule has 1 heterocycles. The predicted molar refractivity (Wildman–Crippen MR) is 95.3 cm³/mol. The van der Waals surface area contributed by atoms with Crippen LogP contribution in [0.1, 0.15) is 42.2 Å². The standard InChI is InChI=1S/C19H18BrNO3/c1-11(22)24-19-10-23-18-9-12(5-6-15(18)19)21-17-8-7-13-14(17)3-2-4-16(13)20/h2-6,9,17,19,21H,7-8,10H2,1H3/t17?,19-/m1/s1. The van der Waals surface area contributed by atoms with E-state index in [9.17, 15) is 4.79 Å². The first kappa shape index (κ1) is 15.5. The van der Waals surface area contributed by atoms with Crippen molar-refractivity contribution < 1.29 is 14.3 Å². The van der Waals surface area contributed by atoms with Crippen LogP contribution in [-0.2, 0) is 16.0 Å². The minimum atomic E-state index is -0.297. The molecule has 0 radical (unpaired) electrons. The number of hydrogen-bond donors (Lipinski definition) is 1. The number of rotatable bonds is 3. The molecule has 5 heteroatoms. The van der Waals surface area contributed by atoms with Gasteiger partial charge in [-0.05, 0) is 42.2 Å². The van der Waals surface area contributed by atoms with Gasteiger partial charge in [-0.3, -0.25) is 4.79 Å². The third-order valence-electron chi connectivity index (χ3n) is 4.61. The highest BCUT2D eigenvalue weighted by atomic mass is 79.9. The molecule has 0 saturated heterocycles. The lowest BCUT2D eigenvalue weighted by molar-refractivity contribution is -0.147. The molecule has 0 spiro atoms. The highest BCUT2D eigenvalue weighted by molar-refractivity contribution is 9.10. The van der Waals surface area contributed by atoms with Crippen molar-refractivity contribution in [1.29, 1.82) is 0 Å². The number of halogens is 1. The van der Waals surface area contributed by atoms with Gasteiger partial charge in [-0.15, -0.1) is 0 Å². The number of carbonyl (C=O) groups is 1. The molecule has 1 unspecified atom stereocenters. The Balaban J connectivity index is 1.54. The van der Waals surface area contributed by atoms with Crippen molar-refractivity contribution in [1.82, 2.24) is 0 Å². The Morgan fingerprint density at radius 2 is 2.17 bits per heavy atom. The number of nitrogens with one attached hydrogen (secondary N) is 1. The van der Waals surface area contributed by atoms with Crippen molar-refractivity contribution in [3.63, 3.8) is 0 Å². The summed E-state index contributed by atoms with van der Waals surface area (Å²) in [5, 5.41) is 3.60. The lowest BCUT2D eigenvalue weighted by atomic mass is 10.1.